The first kappa shape index (κ1) is 19.3. The topological polar surface area (TPSA) is 77.9 Å². The van der Waals surface area contributed by atoms with Gasteiger partial charge in [-0.25, -0.2) is 8.42 Å². The van der Waals surface area contributed by atoms with E-state index in [1.54, 1.807) is 11.2 Å². The Morgan fingerprint density at radius 3 is 2.48 bits per heavy atom. The molecule has 6 nitrogen and oxygen atoms in total. The summed E-state index contributed by atoms with van der Waals surface area (Å²) in [5.74, 6) is 0.441. The molecule has 3 fully saturated rings. The number of aliphatic hydroxyl groups is 1. The Morgan fingerprint density at radius 1 is 1.32 bits per heavy atom. The van der Waals surface area contributed by atoms with Crippen molar-refractivity contribution in [3.63, 3.8) is 0 Å². The predicted molar refractivity (Wildman–Crippen MR) is 96.6 cm³/mol. The number of hydrogen-bond donors (Lipinski definition) is 1. The molecule has 3 aliphatic rings. The van der Waals surface area contributed by atoms with Gasteiger partial charge < -0.3 is 5.11 Å². The summed E-state index contributed by atoms with van der Waals surface area (Å²) in [6.07, 6.45) is 1.80. The van der Waals surface area contributed by atoms with E-state index in [1.807, 2.05) is 6.92 Å². The second kappa shape index (κ2) is 6.29. The zero-order chi connectivity index (χ0) is 18.6. The van der Waals surface area contributed by atoms with E-state index >= 15 is 0 Å². The Hall–Kier alpha value is -0.500. The molecule has 1 aliphatic heterocycles. The maximum atomic E-state index is 13.2. The van der Waals surface area contributed by atoms with Crippen LogP contribution in [0.15, 0.2) is 0 Å². The standard InChI is InChI=1S/C18H32N2O4S/c1-13-10-19(11-14(2)21)7-8-20(13)25(23,24)12-18-6-5-15(9-16(18)22)17(18,3)4/h13-15,21H,5-12H2,1-4H3/t13-,14+,15-,18-/m0/s1. The number of β-amino-alcohol motifs (C(OH)–C–C–N with tert-alkyl or cyclic N) is 1. The molecule has 3 rings (SSSR count). The van der Waals surface area contributed by atoms with Crippen LogP contribution >= 0.6 is 0 Å². The second-order valence-corrected chi connectivity index (χ2v) is 10.9. The number of aliphatic hydroxyl groups excluding tert-OH is 1. The molecular weight excluding hydrogens is 340 g/mol. The third-order valence-electron chi connectivity index (χ3n) is 7.10. The molecule has 0 spiro atoms. The lowest BCUT2D eigenvalue weighted by Crippen LogP contribution is -2.57. The van der Waals surface area contributed by atoms with Crippen molar-refractivity contribution in [2.24, 2.45) is 16.7 Å². The Labute approximate surface area is 151 Å². The molecule has 2 saturated carbocycles. The van der Waals surface area contributed by atoms with Crippen LogP contribution in [0, 0.1) is 16.7 Å². The Bertz CT molecular complexity index is 645. The van der Waals surface area contributed by atoms with Crippen molar-refractivity contribution in [2.75, 3.05) is 31.9 Å². The molecule has 0 radical (unpaired) electrons. The van der Waals surface area contributed by atoms with Gasteiger partial charge in [0.05, 0.1) is 11.9 Å². The van der Waals surface area contributed by atoms with Crippen molar-refractivity contribution in [1.29, 1.82) is 0 Å². The first-order chi connectivity index (χ1) is 11.5. The fourth-order valence-corrected chi connectivity index (χ4v) is 7.91. The molecule has 0 aromatic rings. The van der Waals surface area contributed by atoms with Crippen molar-refractivity contribution in [3.05, 3.63) is 0 Å². The number of nitrogens with zero attached hydrogens (tertiary/aromatic N) is 2. The van der Waals surface area contributed by atoms with Crippen LogP contribution in [0.5, 0.6) is 0 Å². The fourth-order valence-electron chi connectivity index (χ4n) is 5.47. The Balaban J connectivity index is 1.76. The minimum Gasteiger partial charge on any atom is -0.392 e. The van der Waals surface area contributed by atoms with E-state index in [9.17, 15) is 18.3 Å². The third kappa shape index (κ3) is 3.07. The van der Waals surface area contributed by atoms with Crippen LogP contribution in [-0.4, -0.2) is 72.6 Å². The number of carbonyl (C=O) groups excluding carboxylic acids is 1. The maximum Gasteiger partial charge on any atom is 0.215 e. The molecule has 1 saturated heterocycles. The average molecular weight is 373 g/mol. The van der Waals surface area contributed by atoms with E-state index in [2.05, 4.69) is 18.7 Å². The Morgan fingerprint density at radius 2 is 2.00 bits per heavy atom. The van der Waals surface area contributed by atoms with Crippen LogP contribution in [-0.2, 0) is 14.8 Å². The zero-order valence-corrected chi connectivity index (χ0v) is 16.7. The van der Waals surface area contributed by atoms with Gasteiger partial charge in [0.15, 0.2) is 0 Å². The highest BCUT2D eigenvalue weighted by Gasteiger charge is 2.65. The minimum absolute atomic E-state index is 0.0386. The number of fused-ring (bicyclic) bond motifs is 2. The van der Waals surface area contributed by atoms with Crippen molar-refractivity contribution in [3.8, 4) is 0 Å². The lowest BCUT2D eigenvalue weighted by atomic mass is 9.70. The van der Waals surface area contributed by atoms with Crippen LogP contribution in [0.1, 0.15) is 47.0 Å². The number of ketones is 1. The van der Waals surface area contributed by atoms with Crippen molar-refractivity contribution in [1.82, 2.24) is 9.21 Å². The van der Waals surface area contributed by atoms with Gasteiger partial charge in [-0.2, -0.15) is 4.31 Å². The highest BCUT2D eigenvalue weighted by Crippen LogP contribution is 2.64. The molecule has 0 aromatic heterocycles. The monoisotopic (exact) mass is 372 g/mol. The zero-order valence-electron chi connectivity index (χ0n) is 15.9. The number of rotatable bonds is 5. The lowest BCUT2D eigenvalue weighted by molar-refractivity contribution is -0.128. The summed E-state index contributed by atoms with van der Waals surface area (Å²) in [6, 6.07) is -0.134. The van der Waals surface area contributed by atoms with E-state index in [0.717, 1.165) is 6.42 Å². The summed E-state index contributed by atoms with van der Waals surface area (Å²) >= 11 is 0. The molecule has 0 aromatic carbocycles. The molecule has 2 aliphatic carbocycles. The molecule has 7 heteroatoms. The van der Waals surface area contributed by atoms with Gasteiger partial charge in [0.2, 0.25) is 10.0 Å². The van der Waals surface area contributed by atoms with E-state index < -0.39 is 21.5 Å². The number of piperazine rings is 1. The van der Waals surface area contributed by atoms with Crippen LogP contribution in [0.25, 0.3) is 0 Å². The third-order valence-corrected chi connectivity index (χ3v) is 9.21. The molecule has 0 unspecified atom stereocenters. The predicted octanol–water partition coefficient (Wildman–Crippen LogP) is 1.10. The molecule has 25 heavy (non-hydrogen) atoms. The lowest BCUT2D eigenvalue weighted by Gasteiger charge is -2.42. The highest BCUT2D eigenvalue weighted by molar-refractivity contribution is 7.89. The van der Waals surface area contributed by atoms with Gasteiger partial charge in [-0.1, -0.05) is 13.8 Å². The van der Waals surface area contributed by atoms with E-state index in [4.69, 9.17) is 0 Å². The van der Waals surface area contributed by atoms with Gasteiger partial charge in [0.25, 0.3) is 0 Å². The molecule has 1 N–H and O–H groups in total. The number of sulfonamides is 1. The first-order valence-electron chi connectivity index (χ1n) is 9.43. The molecule has 144 valence electrons. The summed E-state index contributed by atoms with van der Waals surface area (Å²) in [4.78, 5) is 14.8. The highest BCUT2D eigenvalue weighted by atomic mass is 32.2. The second-order valence-electron chi connectivity index (χ2n) is 8.99. The Kier molecular flexibility index (Phi) is 4.85. The van der Waals surface area contributed by atoms with Crippen molar-refractivity contribution < 1.29 is 18.3 Å². The quantitative estimate of drug-likeness (QED) is 0.782. The number of carbonyl (C=O) groups is 1. The van der Waals surface area contributed by atoms with Gasteiger partial charge in [-0.15, -0.1) is 0 Å². The fraction of sp³-hybridized carbons (Fsp3) is 0.944. The number of Topliss-reactive ketones (excluding diaryl/α,β-unsaturated/α-hetero) is 1. The van der Waals surface area contributed by atoms with Gasteiger partial charge in [0.1, 0.15) is 5.78 Å². The summed E-state index contributed by atoms with van der Waals surface area (Å²) in [5.41, 5.74) is -0.929. The SMILES string of the molecule is C[C@@H](O)CN1CCN(S(=O)(=O)C[C@@]23CC[C@@H](CC2=O)C3(C)C)[C@@H](C)C1. The summed E-state index contributed by atoms with van der Waals surface area (Å²) < 4.78 is 28.0. The van der Waals surface area contributed by atoms with Crippen LogP contribution in [0.3, 0.4) is 0 Å². The van der Waals surface area contributed by atoms with Gasteiger partial charge in [-0.3, -0.25) is 9.69 Å². The van der Waals surface area contributed by atoms with Crippen LogP contribution in [0.4, 0.5) is 0 Å². The van der Waals surface area contributed by atoms with E-state index in [1.165, 1.54) is 0 Å². The first-order valence-corrected chi connectivity index (χ1v) is 11.0. The van der Waals surface area contributed by atoms with E-state index in [-0.39, 0.29) is 23.0 Å². The summed E-state index contributed by atoms with van der Waals surface area (Å²) in [5, 5.41) is 9.55. The maximum absolute atomic E-state index is 13.2. The van der Waals surface area contributed by atoms with E-state index in [0.29, 0.717) is 44.9 Å². The van der Waals surface area contributed by atoms with Gasteiger partial charge in [-0.05, 0) is 38.0 Å². The molecular formula is C18H32N2O4S. The number of hydrogen-bond acceptors (Lipinski definition) is 5. The van der Waals surface area contributed by atoms with Crippen molar-refractivity contribution >= 4 is 15.8 Å². The summed E-state index contributed by atoms with van der Waals surface area (Å²) in [6.45, 7) is 10.1. The minimum atomic E-state index is -3.49. The smallest absolute Gasteiger partial charge is 0.215 e. The normalized spacial score (nSPS) is 37.6. The molecule has 4 atom stereocenters. The molecule has 2 bridgehead atoms. The molecule has 0 amide bonds. The molecule has 1 heterocycles. The average Bonchev–Trinajstić information content (AvgIpc) is 2.80. The largest absolute Gasteiger partial charge is 0.392 e. The summed E-state index contributed by atoms with van der Waals surface area (Å²) in [7, 11) is -3.49. The van der Waals surface area contributed by atoms with Crippen LogP contribution in [0.2, 0.25) is 0 Å². The van der Waals surface area contributed by atoms with Crippen molar-refractivity contribution in [2.45, 2.75) is 59.1 Å². The van der Waals surface area contributed by atoms with Crippen LogP contribution < -0.4 is 0 Å². The van der Waals surface area contributed by atoms with Gasteiger partial charge >= 0.3 is 0 Å². The van der Waals surface area contributed by atoms with Gasteiger partial charge in [0, 0.05) is 44.1 Å².